The molecule has 1 N–H and O–H groups in total. The van der Waals surface area contributed by atoms with E-state index in [9.17, 15) is 0 Å². The summed E-state index contributed by atoms with van der Waals surface area (Å²) in [5, 5.41) is 3.38. The van der Waals surface area contributed by atoms with Gasteiger partial charge in [0, 0.05) is 4.88 Å². The fraction of sp³-hybridized carbons (Fsp3) is 0.714. The molecule has 1 aliphatic carbocycles. The molecule has 1 saturated carbocycles. The molecule has 96 valence electrons. The summed E-state index contributed by atoms with van der Waals surface area (Å²) in [7, 11) is 2.09. The van der Waals surface area contributed by atoms with Crippen LogP contribution in [0.1, 0.15) is 37.0 Å². The maximum atomic E-state index is 3.56. The summed E-state index contributed by atoms with van der Waals surface area (Å²) in [5.74, 6) is 1.76. The first-order valence-corrected chi connectivity index (χ1v) is 8.29. The summed E-state index contributed by atoms with van der Waals surface area (Å²) < 4.78 is 1.27. The Kier molecular flexibility index (Phi) is 5.51. The van der Waals surface area contributed by atoms with Crippen LogP contribution >= 0.6 is 27.3 Å². The fourth-order valence-electron chi connectivity index (χ4n) is 2.98. The second kappa shape index (κ2) is 6.91. The Bertz CT molecular complexity index is 337. The molecule has 1 aromatic heterocycles. The van der Waals surface area contributed by atoms with Crippen molar-refractivity contribution < 1.29 is 0 Å². The van der Waals surface area contributed by atoms with Crippen LogP contribution in [0.4, 0.5) is 0 Å². The minimum absolute atomic E-state index is 0.878. The first-order chi connectivity index (χ1) is 8.29. The minimum Gasteiger partial charge on any atom is -0.319 e. The molecule has 0 spiro atoms. The van der Waals surface area contributed by atoms with Crippen molar-refractivity contribution in [3.8, 4) is 0 Å². The largest absolute Gasteiger partial charge is 0.319 e. The summed E-state index contributed by atoms with van der Waals surface area (Å²) in [6.07, 6.45) is 8.40. The van der Waals surface area contributed by atoms with E-state index >= 15 is 0 Å². The Morgan fingerprint density at radius 3 is 2.65 bits per heavy atom. The highest BCUT2D eigenvalue weighted by Crippen LogP contribution is 2.33. The predicted molar refractivity (Wildman–Crippen MR) is 79.7 cm³/mol. The average molecular weight is 316 g/mol. The van der Waals surface area contributed by atoms with Gasteiger partial charge in [-0.15, -0.1) is 11.3 Å². The van der Waals surface area contributed by atoms with Crippen LogP contribution in [0.3, 0.4) is 0 Å². The summed E-state index contributed by atoms with van der Waals surface area (Å²) in [4.78, 5) is 1.55. The van der Waals surface area contributed by atoms with Crippen LogP contribution in [0.25, 0.3) is 0 Å². The van der Waals surface area contributed by atoms with Crippen molar-refractivity contribution in [1.82, 2.24) is 5.32 Å². The number of nitrogens with one attached hydrogen (secondary N) is 1. The van der Waals surface area contributed by atoms with Gasteiger partial charge in [-0.2, -0.15) is 0 Å². The SMILES string of the molecule is CNCC1CCCCCC1Cc1ccc(Br)s1. The van der Waals surface area contributed by atoms with Crippen molar-refractivity contribution in [2.75, 3.05) is 13.6 Å². The zero-order valence-corrected chi connectivity index (χ0v) is 12.9. The fourth-order valence-corrected chi connectivity index (χ4v) is 4.56. The van der Waals surface area contributed by atoms with E-state index in [0.717, 1.165) is 11.8 Å². The summed E-state index contributed by atoms with van der Waals surface area (Å²) in [5.41, 5.74) is 0. The molecular formula is C14H22BrNS. The number of halogens is 1. The maximum Gasteiger partial charge on any atom is 0.0701 e. The van der Waals surface area contributed by atoms with E-state index in [1.807, 2.05) is 11.3 Å². The highest BCUT2D eigenvalue weighted by atomic mass is 79.9. The normalized spacial score (nSPS) is 25.8. The van der Waals surface area contributed by atoms with E-state index in [4.69, 9.17) is 0 Å². The van der Waals surface area contributed by atoms with Crippen LogP contribution in [-0.2, 0) is 6.42 Å². The first-order valence-electron chi connectivity index (χ1n) is 6.68. The van der Waals surface area contributed by atoms with E-state index < -0.39 is 0 Å². The Labute approximate surface area is 117 Å². The number of rotatable bonds is 4. The lowest BCUT2D eigenvalue weighted by Gasteiger charge is -2.24. The maximum absolute atomic E-state index is 3.56. The van der Waals surface area contributed by atoms with Crippen LogP contribution < -0.4 is 5.32 Å². The van der Waals surface area contributed by atoms with E-state index in [1.54, 1.807) is 4.88 Å². The van der Waals surface area contributed by atoms with Crippen molar-refractivity contribution in [2.24, 2.45) is 11.8 Å². The molecule has 0 bridgehead atoms. The predicted octanol–water partition coefficient (Wildman–Crippen LogP) is 4.47. The highest BCUT2D eigenvalue weighted by molar-refractivity contribution is 9.11. The molecular weight excluding hydrogens is 294 g/mol. The zero-order valence-electron chi connectivity index (χ0n) is 10.5. The monoisotopic (exact) mass is 315 g/mol. The van der Waals surface area contributed by atoms with Gasteiger partial charge < -0.3 is 5.32 Å². The van der Waals surface area contributed by atoms with Crippen molar-refractivity contribution in [2.45, 2.75) is 38.5 Å². The molecule has 1 nitrogen and oxygen atoms in total. The molecule has 1 fully saturated rings. The van der Waals surface area contributed by atoms with Gasteiger partial charge in [-0.3, -0.25) is 0 Å². The van der Waals surface area contributed by atoms with Gasteiger partial charge in [-0.05, 0) is 72.8 Å². The van der Waals surface area contributed by atoms with Gasteiger partial charge in [0.1, 0.15) is 0 Å². The van der Waals surface area contributed by atoms with Crippen molar-refractivity contribution >= 4 is 27.3 Å². The Morgan fingerprint density at radius 2 is 2.00 bits per heavy atom. The van der Waals surface area contributed by atoms with Crippen LogP contribution in [0.15, 0.2) is 15.9 Å². The standard InChI is InChI=1S/C14H22BrNS/c1-16-10-12-6-4-2-3-5-11(12)9-13-7-8-14(15)17-13/h7-8,11-12,16H,2-6,9-10H2,1H3. The zero-order chi connectivity index (χ0) is 12.1. The second-order valence-corrected chi connectivity index (χ2v) is 7.67. The molecule has 0 aromatic carbocycles. The Balaban J connectivity index is 1.99. The molecule has 2 rings (SSSR count). The lowest BCUT2D eigenvalue weighted by atomic mass is 9.85. The Morgan fingerprint density at radius 1 is 1.24 bits per heavy atom. The summed E-state index contributed by atoms with van der Waals surface area (Å²) in [6, 6.07) is 4.47. The summed E-state index contributed by atoms with van der Waals surface area (Å²) >= 11 is 5.47. The van der Waals surface area contributed by atoms with Crippen molar-refractivity contribution in [3.05, 3.63) is 20.8 Å². The topological polar surface area (TPSA) is 12.0 Å². The quantitative estimate of drug-likeness (QED) is 0.808. The first kappa shape index (κ1) is 13.6. The molecule has 1 heterocycles. The second-order valence-electron chi connectivity index (χ2n) is 5.13. The van der Waals surface area contributed by atoms with Gasteiger partial charge in [0.05, 0.1) is 3.79 Å². The van der Waals surface area contributed by atoms with E-state index in [2.05, 4.69) is 40.4 Å². The van der Waals surface area contributed by atoms with Gasteiger partial charge in [0.2, 0.25) is 0 Å². The third-order valence-electron chi connectivity index (χ3n) is 3.88. The molecule has 3 heteroatoms. The molecule has 2 atom stereocenters. The number of hydrogen-bond donors (Lipinski definition) is 1. The molecule has 0 radical (unpaired) electrons. The van der Waals surface area contributed by atoms with E-state index in [0.29, 0.717) is 0 Å². The molecule has 1 aromatic rings. The number of thiophene rings is 1. The Hall–Kier alpha value is 0.140. The molecule has 0 saturated heterocycles. The van der Waals surface area contributed by atoms with Gasteiger partial charge >= 0.3 is 0 Å². The average Bonchev–Trinajstić information content (AvgIpc) is 2.58. The number of hydrogen-bond acceptors (Lipinski definition) is 2. The van der Waals surface area contributed by atoms with Crippen molar-refractivity contribution in [1.29, 1.82) is 0 Å². The van der Waals surface area contributed by atoms with Crippen LogP contribution in [0.2, 0.25) is 0 Å². The van der Waals surface area contributed by atoms with E-state index in [-0.39, 0.29) is 0 Å². The molecule has 0 aliphatic heterocycles. The highest BCUT2D eigenvalue weighted by Gasteiger charge is 2.23. The van der Waals surface area contributed by atoms with Crippen LogP contribution in [-0.4, -0.2) is 13.6 Å². The van der Waals surface area contributed by atoms with Crippen LogP contribution in [0, 0.1) is 11.8 Å². The van der Waals surface area contributed by atoms with E-state index in [1.165, 1.54) is 48.9 Å². The lowest BCUT2D eigenvalue weighted by Crippen LogP contribution is -2.26. The van der Waals surface area contributed by atoms with Crippen molar-refractivity contribution in [3.63, 3.8) is 0 Å². The summed E-state index contributed by atoms with van der Waals surface area (Å²) in [6.45, 7) is 1.19. The van der Waals surface area contributed by atoms with Gasteiger partial charge in [-0.25, -0.2) is 0 Å². The smallest absolute Gasteiger partial charge is 0.0701 e. The van der Waals surface area contributed by atoms with Gasteiger partial charge in [0.25, 0.3) is 0 Å². The van der Waals surface area contributed by atoms with Crippen LogP contribution in [0.5, 0.6) is 0 Å². The van der Waals surface area contributed by atoms with Gasteiger partial charge in [-0.1, -0.05) is 19.3 Å². The molecule has 2 unspecified atom stereocenters. The minimum atomic E-state index is 0.878. The molecule has 17 heavy (non-hydrogen) atoms. The third kappa shape index (κ3) is 4.08. The third-order valence-corrected chi connectivity index (χ3v) is 5.52. The van der Waals surface area contributed by atoms with Gasteiger partial charge in [0.15, 0.2) is 0 Å². The molecule has 0 amide bonds. The molecule has 1 aliphatic rings. The lowest BCUT2D eigenvalue weighted by molar-refractivity contribution is 0.305.